The average molecular weight is 755 g/mol. The first-order chi connectivity index (χ1) is 25.9. The van der Waals surface area contributed by atoms with Gasteiger partial charge in [0.25, 0.3) is 0 Å². The molecule has 0 N–H and O–H groups in total. The number of carbonyl (C=O) groups is 2. The predicted octanol–water partition coefficient (Wildman–Crippen LogP) is 7.28. The van der Waals surface area contributed by atoms with Crippen LogP contribution in [0.1, 0.15) is 126 Å². The van der Waals surface area contributed by atoms with Gasteiger partial charge in [0.2, 0.25) is 11.6 Å². The first-order valence-corrected chi connectivity index (χ1v) is 20.7. The highest BCUT2D eigenvalue weighted by Crippen LogP contribution is 2.62. The highest BCUT2D eigenvalue weighted by Gasteiger charge is 2.70. The molecule has 0 aromatic heterocycles. The summed E-state index contributed by atoms with van der Waals surface area (Å²) in [7, 11) is 0. The fourth-order valence-electron chi connectivity index (χ4n) is 12.1. The number of hydrogen-bond acceptors (Lipinski definition) is 12. The summed E-state index contributed by atoms with van der Waals surface area (Å²) in [6.07, 6.45) is 7.19. The number of carbonyl (C=O) groups excluding carboxylic acids is 2. The molecule has 4 unspecified atom stereocenters. The molecule has 10 fully saturated rings. The second kappa shape index (κ2) is 13.7. The van der Waals surface area contributed by atoms with E-state index in [1.165, 1.54) is 0 Å². The summed E-state index contributed by atoms with van der Waals surface area (Å²) in [4.78, 5) is 51.4. The Morgan fingerprint density at radius 2 is 1.04 bits per heavy atom. The zero-order chi connectivity index (χ0) is 37.6. The Labute approximate surface area is 318 Å². The van der Waals surface area contributed by atoms with Crippen molar-refractivity contribution < 1.29 is 57.6 Å². The van der Waals surface area contributed by atoms with Crippen LogP contribution in [0, 0.1) is 47.3 Å². The molecule has 8 heterocycles. The number of rotatable bonds is 8. The summed E-state index contributed by atoms with van der Waals surface area (Å²) in [6.45, 7) is 13.1. The van der Waals surface area contributed by atoms with Crippen LogP contribution in [0.2, 0.25) is 0 Å². The number of benzene rings is 1. The van der Waals surface area contributed by atoms with E-state index in [4.69, 9.17) is 48.0 Å². The van der Waals surface area contributed by atoms with Crippen molar-refractivity contribution in [2.24, 2.45) is 47.3 Å². The lowest BCUT2D eigenvalue weighted by Crippen LogP contribution is -2.70. The van der Waals surface area contributed by atoms with Crippen LogP contribution in [0.3, 0.4) is 0 Å². The van der Waals surface area contributed by atoms with Gasteiger partial charge < -0.3 is 28.4 Å². The molecule has 2 spiro atoms. The summed E-state index contributed by atoms with van der Waals surface area (Å²) < 4.78 is 37.9. The van der Waals surface area contributed by atoms with Crippen molar-refractivity contribution >= 4 is 11.9 Å². The Balaban J connectivity index is 0.812. The van der Waals surface area contributed by atoms with Gasteiger partial charge in [-0.15, -0.1) is 0 Å². The van der Waals surface area contributed by atoms with E-state index in [2.05, 4.69) is 27.7 Å². The molecule has 16 atom stereocenters. The van der Waals surface area contributed by atoms with E-state index >= 15 is 0 Å². The van der Waals surface area contributed by atoms with Crippen LogP contribution < -0.4 is 0 Å². The number of ether oxygens (including phenoxy) is 6. The molecule has 12 nitrogen and oxygen atoms in total. The lowest BCUT2D eigenvalue weighted by atomic mass is 9.57. The van der Waals surface area contributed by atoms with Crippen molar-refractivity contribution in [2.75, 3.05) is 13.2 Å². The first kappa shape index (κ1) is 37.4. The van der Waals surface area contributed by atoms with Crippen LogP contribution in [0.5, 0.6) is 0 Å². The third-order valence-electron chi connectivity index (χ3n) is 15.2. The number of esters is 2. The molecule has 2 aliphatic carbocycles. The van der Waals surface area contributed by atoms with Crippen molar-refractivity contribution in [3.8, 4) is 0 Å². The van der Waals surface area contributed by atoms with Crippen molar-refractivity contribution in [2.45, 2.75) is 153 Å². The van der Waals surface area contributed by atoms with E-state index in [0.717, 1.165) is 51.4 Å². The molecule has 298 valence electrons. The van der Waals surface area contributed by atoms with Crippen LogP contribution in [-0.2, 0) is 48.0 Å². The summed E-state index contributed by atoms with van der Waals surface area (Å²) in [5, 5.41) is 0. The quantitative estimate of drug-likeness (QED) is 0.196. The summed E-state index contributed by atoms with van der Waals surface area (Å²) >= 11 is 0. The maximum absolute atomic E-state index is 13.5. The second-order valence-electron chi connectivity index (χ2n) is 18.3. The molecule has 12 heteroatoms. The molecule has 54 heavy (non-hydrogen) atoms. The van der Waals surface area contributed by atoms with Crippen molar-refractivity contribution in [1.29, 1.82) is 0 Å². The van der Waals surface area contributed by atoms with Crippen LogP contribution in [0.25, 0.3) is 0 Å². The van der Waals surface area contributed by atoms with Crippen LogP contribution in [0.15, 0.2) is 24.3 Å². The van der Waals surface area contributed by atoms with Gasteiger partial charge in [-0.2, -0.15) is 0 Å². The van der Waals surface area contributed by atoms with Crippen LogP contribution in [-0.4, -0.2) is 72.7 Å². The van der Waals surface area contributed by atoms with Gasteiger partial charge in [0.05, 0.1) is 36.5 Å². The molecule has 1 aromatic rings. The van der Waals surface area contributed by atoms with Gasteiger partial charge in [-0.1, -0.05) is 39.8 Å². The van der Waals surface area contributed by atoms with Crippen LogP contribution in [0.4, 0.5) is 0 Å². The normalized spacial score (nSPS) is 48.9. The Morgan fingerprint density at radius 1 is 0.611 bits per heavy atom. The summed E-state index contributed by atoms with van der Waals surface area (Å²) in [5.74, 6) is -0.615. The van der Waals surface area contributed by atoms with Crippen molar-refractivity contribution in [3.05, 3.63) is 35.4 Å². The smallest absolute Gasteiger partial charge is 0.339 e. The van der Waals surface area contributed by atoms with E-state index in [1.807, 2.05) is 13.8 Å². The molecule has 11 rings (SSSR count). The summed E-state index contributed by atoms with van der Waals surface area (Å²) in [5.41, 5.74) is -0.924. The fraction of sp³-hybridized carbons (Fsp3) is 0.810. The van der Waals surface area contributed by atoms with Crippen molar-refractivity contribution in [3.63, 3.8) is 0 Å². The minimum Gasteiger partial charge on any atom is -0.462 e. The third-order valence-corrected chi connectivity index (χ3v) is 15.2. The Kier molecular flexibility index (Phi) is 9.53. The highest BCUT2D eigenvalue weighted by atomic mass is 17.3. The van der Waals surface area contributed by atoms with Gasteiger partial charge in [-0.3, -0.25) is 0 Å². The minimum atomic E-state index is -0.846. The van der Waals surface area contributed by atoms with Gasteiger partial charge in [0, 0.05) is 37.5 Å². The Bertz CT molecular complexity index is 1490. The molecule has 0 amide bonds. The van der Waals surface area contributed by atoms with E-state index in [9.17, 15) is 9.59 Å². The minimum absolute atomic E-state index is 0.133. The molecular formula is C42H58O12. The predicted molar refractivity (Wildman–Crippen MR) is 190 cm³/mol. The van der Waals surface area contributed by atoms with Gasteiger partial charge in [0.15, 0.2) is 23.8 Å². The van der Waals surface area contributed by atoms with E-state index in [1.54, 1.807) is 24.3 Å². The van der Waals surface area contributed by atoms with E-state index in [0.29, 0.717) is 24.7 Å². The Hall–Kier alpha value is -2.16. The standard InChI is InChI=1S/C42H58O12/c1-23-11-13-31-25(3)33(47-37-41(31)29(23)15-19-39(5,49-37)51-53-41)17-21-45-35(43)27-9-7-8-10-28(27)36(44)46-22-18-34-26(4)32-14-12-24(2)30-16-20-40(6)50-38(48-34)42(30,32)54-52-40/h7-10,23-26,29-34,37-38H,11-22H2,1-6H3/t23-,24-,25-,26-,29?,30?,31?,32?,33-,34-,37-,38-,39+,40+,41-,42-/m1/s1. The van der Waals surface area contributed by atoms with Crippen LogP contribution >= 0.6 is 0 Å². The van der Waals surface area contributed by atoms with E-state index in [-0.39, 0.29) is 72.1 Å². The fourth-order valence-corrected chi connectivity index (χ4v) is 12.1. The first-order valence-electron chi connectivity index (χ1n) is 20.7. The Morgan fingerprint density at radius 3 is 1.46 bits per heavy atom. The molecule has 1 aromatic carbocycles. The molecule has 8 saturated heterocycles. The molecule has 0 radical (unpaired) electrons. The van der Waals surface area contributed by atoms with Gasteiger partial charge in [0.1, 0.15) is 0 Å². The lowest BCUT2D eigenvalue weighted by Gasteiger charge is -2.60. The van der Waals surface area contributed by atoms with Gasteiger partial charge in [-0.25, -0.2) is 29.1 Å². The molecular weight excluding hydrogens is 696 g/mol. The molecule has 4 bridgehead atoms. The van der Waals surface area contributed by atoms with Crippen molar-refractivity contribution in [1.82, 2.24) is 0 Å². The lowest BCUT2D eigenvalue weighted by molar-refractivity contribution is -0.571. The zero-order valence-electron chi connectivity index (χ0n) is 32.6. The maximum atomic E-state index is 13.5. The summed E-state index contributed by atoms with van der Waals surface area (Å²) in [6, 6.07) is 6.65. The maximum Gasteiger partial charge on any atom is 0.339 e. The number of hydrogen-bond donors (Lipinski definition) is 0. The van der Waals surface area contributed by atoms with E-state index < -0.39 is 47.3 Å². The second-order valence-corrected chi connectivity index (χ2v) is 18.3. The molecule has 2 saturated carbocycles. The SMILES string of the molecule is C[C@@H]1CCC2[C@@H](C)[C@@H](CCOC(=O)c3ccccc3C(=O)OCC[C@H]3O[C@@H]4O[C@]5(C)CCC6[C@H](C)CCC([C@H]3C)[C@]64OO5)O[C@@H]3O[C@]4(C)CCC1[C@@]23OO4. The topological polar surface area (TPSA) is 126 Å². The molecule has 8 aliphatic heterocycles. The molecule has 10 aliphatic rings. The monoisotopic (exact) mass is 754 g/mol. The van der Waals surface area contributed by atoms with Gasteiger partial charge in [-0.05, 0) is 100 Å². The average Bonchev–Trinajstić information content (AvgIpc) is 3.53. The largest absolute Gasteiger partial charge is 0.462 e. The van der Waals surface area contributed by atoms with Gasteiger partial charge >= 0.3 is 11.9 Å². The number of fused-ring (bicyclic) bond motifs is 4. The third kappa shape index (κ3) is 5.83. The highest BCUT2D eigenvalue weighted by molar-refractivity contribution is 6.03. The zero-order valence-corrected chi connectivity index (χ0v) is 32.6.